The number of aliphatic hydroxyl groups is 1. The lowest BCUT2D eigenvalue weighted by Gasteiger charge is -2.22. The first-order valence-electron chi connectivity index (χ1n) is 11.2. The van der Waals surface area contributed by atoms with Crippen molar-refractivity contribution in [3.63, 3.8) is 0 Å². The average Bonchev–Trinajstić information content (AvgIpc) is 3.41. The molecule has 1 saturated heterocycles. The standard InChI is InChI=1S/C28H20N4O3/c1-16-8-11-21-22(13-16)31-28(30-21)32-24(20-7-4-12-29-15-20)23(26(34)27(32)35)25(33)19-10-9-17-5-2-3-6-18(17)14-19/h2-15,24,33H,1H3,(H,30,31)/b25-23+. The van der Waals surface area contributed by atoms with E-state index in [1.54, 1.807) is 30.6 Å². The number of ketones is 1. The largest absolute Gasteiger partial charge is 0.507 e. The molecule has 1 aliphatic heterocycles. The number of rotatable bonds is 3. The van der Waals surface area contributed by atoms with Crippen molar-refractivity contribution in [3.8, 4) is 0 Å². The molecule has 1 amide bonds. The number of H-pyrrole nitrogens is 1. The maximum atomic E-state index is 13.3. The average molecular weight is 460 g/mol. The van der Waals surface area contributed by atoms with E-state index < -0.39 is 17.7 Å². The van der Waals surface area contributed by atoms with Crippen LogP contribution in [0.1, 0.15) is 22.7 Å². The summed E-state index contributed by atoms with van der Waals surface area (Å²) in [4.78, 5) is 39.9. The van der Waals surface area contributed by atoms with Gasteiger partial charge in [-0.15, -0.1) is 0 Å². The van der Waals surface area contributed by atoms with Crippen LogP contribution in [0.15, 0.2) is 90.8 Å². The van der Waals surface area contributed by atoms with Crippen LogP contribution in [0.5, 0.6) is 0 Å². The molecule has 1 fully saturated rings. The number of imidazole rings is 1. The smallest absolute Gasteiger partial charge is 0.302 e. The van der Waals surface area contributed by atoms with E-state index in [1.165, 1.54) is 4.90 Å². The molecular weight excluding hydrogens is 440 g/mol. The summed E-state index contributed by atoms with van der Waals surface area (Å²) in [7, 11) is 0. The van der Waals surface area contributed by atoms with Crippen LogP contribution in [0, 0.1) is 6.92 Å². The molecule has 2 aromatic heterocycles. The third-order valence-corrected chi connectivity index (χ3v) is 6.32. The minimum absolute atomic E-state index is 0.00471. The maximum absolute atomic E-state index is 13.3. The van der Waals surface area contributed by atoms with Crippen LogP contribution in [-0.2, 0) is 9.59 Å². The molecule has 3 aromatic carbocycles. The Hall–Kier alpha value is -4.78. The molecule has 0 aliphatic carbocycles. The molecule has 6 rings (SSSR count). The number of carbonyl (C=O) groups excluding carboxylic acids is 2. The normalized spacial score (nSPS) is 17.5. The molecule has 0 spiro atoms. The number of Topliss-reactive ketones (excluding diaryl/α,β-unsaturated/α-hetero) is 1. The van der Waals surface area contributed by atoms with Crippen LogP contribution in [0.3, 0.4) is 0 Å². The van der Waals surface area contributed by atoms with E-state index >= 15 is 0 Å². The van der Waals surface area contributed by atoms with Gasteiger partial charge in [0.05, 0.1) is 22.6 Å². The molecule has 0 bridgehead atoms. The van der Waals surface area contributed by atoms with E-state index in [0.29, 0.717) is 16.6 Å². The summed E-state index contributed by atoms with van der Waals surface area (Å²) in [5.74, 6) is -1.55. The van der Waals surface area contributed by atoms with Crippen LogP contribution in [0.25, 0.3) is 27.6 Å². The summed E-state index contributed by atoms with van der Waals surface area (Å²) in [6, 6.07) is 21.5. The van der Waals surface area contributed by atoms with E-state index in [9.17, 15) is 14.7 Å². The van der Waals surface area contributed by atoms with Crippen molar-refractivity contribution in [2.75, 3.05) is 4.90 Å². The first kappa shape index (κ1) is 20.8. The molecule has 5 aromatic rings. The zero-order valence-corrected chi connectivity index (χ0v) is 18.8. The maximum Gasteiger partial charge on any atom is 0.302 e. The molecule has 0 radical (unpaired) electrons. The quantitative estimate of drug-likeness (QED) is 0.223. The van der Waals surface area contributed by atoms with Gasteiger partial charge in [-0.05, 0) is 53.1 Å². The lowest BCUT2D eigenvalue weighted by molar-refractivity contribution is -0.132. The fraction of sp³-hybridized carbons (Fsp3) is 0.0714. The van der Waals surface area contributed by atoms with E-state index in [0.717, 1.165) is 21.9 Å². The summed E-state index contributed by atoms with van der Waals surface area (Å²) in [5, 5.41) is 13.3. The number of fused-ring (bicyclic) bond motifs is 2. The first-order chi connectivity index (χ1) is 17.0. The summed E-state index contributed by atoms with van der Waals surface area (Å²) < 4.78 is 0. The van der Waals surface area contributed by atoms with Gasteiger partial charge in [0.25, 0.3) is 5.78 Å². The fourth-order valence-corrected chi connectivity index (χ4v) is 4.62. The molecule has 2 N–H and O–H groups in total. The molecule has 1 unspecified atom stereocenters. The summed E-state index contributed by atoms with van der Waals surface area (Å²) in [6.45, 7) is 1.96. The van der Waals surface area contributed by atoms with E-state index in [4.69, 9.17) is 0 Å². The predicted molar refractivity (Wildman–Crippen MR) is 134 cm³/mol. The number of anilines is 1. The second-order valence-electron chi connectivity index (χ2n) is 8.60. The van der Waals surface area contributed by atoms with Crippen LogP contribution in [0.2, 0.25) is 0 Å². The van der Waals surface area contributed by atoms with Gasteiger partial charge in [-0.3, -0.25) is 19.5 Å². The SMILES string of the molecule is Cc1ccc2nc(N3C(=O)C(=O)/C(=C(/O)c4ccc5ccccc5c4)C3c3cccnc3)[nH]c2c1. The Labute approximate surface area is 200 Å². The van der Waals surface area contributed by atoms with Gasteiger partial charge in [-0.1, -0.05) is 48.5 Å². The minimum atomic E-state index is -0.892. The monoisotopic (exact) mass is 460 g/mol. The Morgan fingerprint density at radius 3 is 2.60 bits per heavy atom. The first-order valence-corrected chi connectivity index (χ1v) is 11.2. The highest BCUT2D eigenvalue weighted by Crippen LogP contribution is 2.41. The Morgan fingerprint density at radius 1 is 0.971 bits per heavy atom. The van der Waals surface area contributed by atoms with Crippen LogP contribution in [0.4, 0.5) is 5.95 Å². The van der Waals surface area contributed by atoms with Gasteiger partial charge < -0.3 is 10.1 Å². The highest BCUT2D eigenvalue weighted by atomic mass is 16.3. The van der Waals surface area contributed by atoms with Crippen LogP contribution < -0.4 is 4.90 Å². The lowest BCUT2D eigenvalue weighted by atomic mass is 9.95. The highest BCUT2D eigenvalue weighted by Gasteiger charge is 2.48. The summed E-state index contributed by atoms with van der Waals surface area (Å²) >= 11 is 0. The zero-order chi connectivity index (χ0) is 24.1. The molecule has 0 saturated carbocycles. The predicted octanol–water partition coefficient (Wildman–Crippen LogP) is 5.05. The number of pyridine rings is 1. The molecule has 1 aliphatic rings. The number of aliphatic hydroxyl groups excluding tert-OH is 1. The Morgan fingerprint density at radius 2 is 1.80 bits per heavy atom. The van der Waals surface area contributed by atoms with Gasteiger partial charge in [0, 0.05) is 18.0 Å². The van der Waals surface area contributed by atoms with Gasteiger partial charge in [-0.2, -0.15) is 0 Å². The van der Waals surface area contributed by atoms with E-state index in [-0.39, 0.29) is 17.3 Å². The van der Waals surface area contributed by atoms with Gasteiger partial charge in [0.2, 0.25) is 5.95 Å². The molecular formula is C28H20N4O3. The third-order valence-electron chi connectivity index (χ3n) is 6.32. The second kappa shape index (κ2) is 7.92. The van der Waals surface area contributed by atoms with Crippen molar-refractivity contribution in [1.29, 1.82) is 0 Å². The third kappa shape index (κ3) is 3.36. The number of hydrogen-bond donors (Lipinski definition) is 2. The van der Waals surface area contributed by atoms with Gasteiger partial charge in [0.1, 0.15) is 5.76 Å². The zero-order valence-electron chi connectivity index (χ0n) is 18.8. The van der Waals surface area contributed by atoms with Gasteiger partial charge >= 0.3 is 5.91 Å². The Bertz CT molecular complexity index is 1670. The Balaban J connectivity index is 1.56. The van der Waals surface area contributed by atoms with Crippen molar-refractivity contribution in [2.45, 2.75) is 13.0 Å². The lowest BCUT2D eigenvalue weighted by Crippen LogP contribution is -2.30. The van der Waals surface area contributed by atoms with Crippen molar-refractivity contribution in [2.24, 2.45) is 0 Å². The number of aryl methyl sites for hydroxylation is 1. The number of carbonyl (C=O) groups is 2. The molecule has 35 heavy (non-hydrogen) atoms. The van der Waals surface area contributed by atoms with Crippen molar-refractivity contribution < 1.29 is 14.7 Å². The van der Waals surface area contributed by atoms with Gasteiger partial charge in [-0.25, -0.2) is 4.98 Å². The number of hydrogen-bond acceptors (Lipinski definition) is 5. The van der Waals surface area contributed by atoms with Crippen molar-refractivity contribution in [3.05, 3.63) is 107 Å². The number of amides is 1. The number of aromatic amines is 1. The molecule has 1 atom stereocenters. The fourth-order valence-electron chi connectivity index (χ4n) is 4.62. The minimum Gasteiger partial charge on any atom is -0.507 e. The number of nitrogens with one attached hydrogen (secondary N) is 1. The van der Waals surface area contributed by atoms with Crippen LogP contribution in [-0.4, -0.2) is 31.7 Å². The van der Waals surface area contributed by atoms with Crippen LogP contribution >= 0.6 is 0 Å². The molecule has 3 heterocycles. The number of benzene rings is 3. The summed E-state index contributed by atoms with van der Waals surface area (Å²) in [6.07, 6.45) is 3.20. The number of nitrogens with zero attached hydrogens (tertiary/aromatic N) is 3. The molecule has 7 heteroatoms. The second-order valence-corrected chi connectivity index (χ2v) is 8.60. The number of aromatic nitrogens is 3. The topological polar surface area (TPSA) is 99.2 Å². The highest BCUT2D eigenvalue weighted by molar-refractivity contribution is 6.51. The van der Waals surface area contributed by atoms with E-state index in [1.807, 2.05) is 61.5 Å². The Kier molecular flexibility index (Phi) is 4.70. The van der Waals surface area contributed by atoms with Gasteiger partial charge in [0.15, 0.2) is 0 Å². The van der Waals surface area contributed by atoms with E-state index in [2.05, 4.69) is 15.0 Å². The molecule has 170 valence electrons. The van der Waals surface area contributed by atoms with Crippen molar-refractivity contribution in [1.82, 2.24) is 15.0 Å². The van der Waals surface area contributed by atoms with Crippen molar-refractivity contribution >= 4 is 45.2 Å². The molecule has 7 nitrogen and oxygen atoms in total. The summed E-state index contributed by atoms with van der Waals surface area (Å²) in [5.41, 5.74) is 3.50.